The van der Waals surface area contributed by atoms with Gasteiger partial charge in [-0.1, -0.05) is 83.1 Å². The van der Waals surface area contributed by atoms with E-state index in [9.17, 15) is 5.21 Å². The van der Waals surface area contributed by atoms with Gasteiger partial charge in [-0.2, -0.15) is 5.06 Å². The van der Waals surface area contributed by atoms with Crippen molar-refractivity contribution in [3.63, 3.8) is 0 Å². The Bertz CT molecular complexity index is 590. The molecule has 0 saturated carbocycles. The summed E-state index contributed by atoms with van der Waals surface area (Å²) in [5.74, 6) is 0. The van der Waals surface area contributed by atoms with Crippen molar-refractivity contribution in [1.82, 2.24) is 0 Å². The second kappa shape index (κ2) is 5.77. The smallest absolute Gasteiger partial charge is 0.0764 e. The monoisotopic (exact) mass is 296 g/mol. The van der Waals surface area contributed by atoms with Crippen LogP contribution in [0, 0.1) is 0 Å². The molecule has 2 aromatic carbocycles. The molecule has 0 aliphatic rings. The second-order valence-electron chi connectivity index (χ2n) is 7.83. The van der Waals surface area contributed by atoms with Crippen molar-refractivity contribution in [1.29, 1.82) is 0 Å². The summed E-state index contributed by atoms with van der Waals surface area (Å²) in [4.78, 5) is 0. The molecular formula is C20H26NO. The number of anilines is 2. The Kier molecular flexibility index (Phi) is 4.35. The van der Waals surface area contributed by atoms with Crippen molar-refractivity contribution in [2.75, 3.05) is 5.06 Å². The Labute approximate surface area is 134 Å². The van der Waals surface area contributed by atoms with E-state index in [0.29, 0.717) is 0 Å². The molecule has 1 radical (unpaired) electrons. The zero-order valence-electron chi connectivity index (χ0n) is 14.5. The molecule has 2 nitrogen and oxygen atoms in total. The fourth-order valence-electron chi connectivity index (χ4n) is 2.70. The Balaban J connectivity index is 2.58. The molecule has 0 aliphatic heterocycles. The number of hydrogen-bond donors (Lipinski definition) is 0. The highest BCUT2D eigenvalue weighted by Gasteiger charge is 2.25. The third-order valence-corrected chi connectivity index (χ3v) is 3.86. The van der Waals surface area contributed by atoms with E-state index in [-0.39, 0.29) is 10.8 Å². The van der Waals surface area contributed by atoms with Gasteiger partial charge in [0.15, 0.2) is 0 Å². The summed E-state index contributed by atoms with van der Waals surface area (Å²) >= 11 is 0. The molecule has 0 bridgehead atoms. The lowest BCUT2D eigenvalue weighted by molar-refractivity contribution is 0.193. The Hall–Kier alpha value is -1.80. The highest BCUT2D eigenvalue weighted by atomic mass is 16.5. The van der Waals surface area contributed by atoms with E-state index in [1.807, 2.05) is 48.5 Å². The zero-order valence-corrected chi connectivity index (χ0v) is 14.5. The van der Waals surface area contributed by atoms with Crippen LogP contribution < -0.4 is 5.06 Å². The summed E-state index contributed by atoms with van der Waals surface area (Å²) in [6.45, 7) is 12.8. The van der Waals surface area contributed by atoms with Gasteiger partial charge in [-0.15, -0.1) is 0 Å². The van der Waals surface area contributed by atoms with Crippen molar-refractivity contribution in [2.45, 2.75) is 52.4 Å². The van der Waals surface area contributed by atoms with Gasteiger partial charge in [0.1, 0.15) is 0 Å². The minimum absolute atomic E-state index is 0.0735. The van der Waals surface area contributed by atoms with Crippen LogP contribution in [0.25, 0.3) is 0 Å². The van der Waals surface area contributed by atoms with E-state index in [0.717, 1.165) is 27.6 Å². The molecule has 0 heterocycles. The lowest BCUT2D eigenvalue weighted by atomic mass is 9.84. The average Bonchev–Trinajstić information content (AvgIpc) is 2.45. The highest BCUT2D eigenvalue weighted by Crippen LogP contribution is 2.38. The summed E-state index contributed by atoms with van der Waals surface area (Å²) < 4.78 is 0. The molecule has 2 aromatic rings. The molecule has 0 saturated heterocycles. The van der Waals surface area contributed by atoms with E-state index in [2.05, 4.69) is 41.5 Å². The normalized spacial score (nSPS) is 12.3. The first-order valence-corrected chi connectivity index (χ1v) is 7.78. The van der Waals surface area contributed by atoms with Crippen molar-refractivity contribution in [3.05, 3.63) is 59.7 Å². The molecule has 0 atom stereocenters. The highest BCUT2D eigenvalue weighted by molar-refractivity contribution is 5.68. The van der Waals surface area contributed by atoms with Crippen LogP contribution in [-0.4, -0.2) is 0 Å². The van der Waals surface area contributed by atoms with Gasteiger partial charge < -0.3 is 0 Å². The van der Waals surface area contributed by atoms with E-state index in [1.165, 1.54) is 0 Å². The minimum Gasteiger partial charge on any atom is -0.188 e. The Morgan fingerprint density at radius 3 is 1.27 bits per heavy atom. The fourth-order valence-corrected chi connectivity index (χ4v) is 2.70. The number of para-hydroxylation sites is 2. The fraction of sp³-hybridized carbons (Fsp3) is 0.400. The van der Waals surface area contributed by atoms with Crippen LogP contribution in [0.5, 0.6) is 0 Å². The van der Waals surface area contributed by atoms with Gasteiger partial charge in [0.2, 0.25) is 0 Å². The quantitative estimate of drug-likeness (QED) is 0.646. The largest absolute Gasteiger partial charge is 0.188 e. The van der Waals surface area contributed by atoms with Crippen LogP contribution in [0.1, 0.15) is 52.7 Å². The summed E-state index contributed by atoms with van der Waals surface area (Å²) in [7, 11) is 0. The average molecular weight is 296 g/mol. The third kappa shape index (κ3) is 3.33. The maximum Gasteiger partial charge on any atom is 0.0764 e. The summed E-state index contributed by atoms with van der Waals surface area (Å²) in [6, 6.07) is 15.7. The molecule has 0 aliphatic carbocycles. The maximum absolute atomic E-state index is 13.1. The van der Waals surface area contributed by atoms with E-state index >= 15 is 0 Å². The van der Waals surface area contributed by atoms with Crippen molar-refractivity contribution in [2.24, 2.45) is 0 Å². The van der Waals surface area contributed by atoms with Crippen LogP contribution in [0.4, 0.5) is 11.4 Å². The topological polar surface area (TPSA) is 23.1 Å². The van der Waals surface area contributed by atoms with Gasteiger partial charge in [0.05, 0.1) is 11.4 Å². The third-order valence-electron chi connectivity index (χ3n) is 3.86. The molecule has 0 aromatic heterocycles. The standard InChI is InChI=1S/C20H26NO/c1-19(2,3)15-11-7-9-13-17(15)21(22)18-14-10-8-12-16(18)20(4,5)6/h7-14H,1-6H3. The van der Waals surface area contributed by atoms with Gasteiger partial charge in [-0.3, -0.25) is 0 Å². The summed E-state index contributed by atoms with van der Waals surface area (Å²) in [5.41, 5.74) is 3.44. The molecule has 117 valence electrons. The van der Waals surface area contributed by atoms with Crippen molar-refractivity contribution in [3.8, 4) is 0 Å². The van der Waals surface area contributed by atoms with Gasteiger partial charge in [-0.05, 0) is 34.1 Å². The minimum atomic E-state index is -0.0735. The van der Waals surface area contributed by atoms with Gasteiger partial charge in [0.25, 0.3) is 0 Å². The first-order valence-electron chi connectivity index (χ1n) is 7.78. The second-order valence-corrected chi connectivity index (χ2v) is 7.83. The molecule has 0 N–H and O–H groups in total. The molecule has 0 unspecified atom stereocenters. The van der Waals surface area contributed by atoms with Crippen molar-refractivity contribution < 1.29 is 5.21 Å². The molecular weight excluding hydrogens is 270 g/mol. The summed E-state index contributed by atoms with van der Waals surface area (Å²) in [5, 5.41) is 14.2. The predicted molar refractivity (Wildman–Crippen MR) is 93.1 cm³/mol. The van der Waals surface area contributed by atoms with Gasteiger partial charge in [-0.25, -0.2) is 0 Å². The van der Waals surface area contributed by atoms with Crippen LogP contribution in [0.3, 0.4) is 0 Å². The van der Waals surface area contributed by atoms with Crippen LogP contribution in [0.15, 0.2) is 48.5 Å². The Morgan fingerprint density at radius 1 is 0.636 bits per heavy atom. The van der Waals surface area contributed by atoms with Crippen molar-refractivity contribution >= 4 is 11.4 Å². The predicted octanol–water partition coefficient (Wildman–Crippen LogP) is 5.77. The number of benzene rings is 2. The number of hydrogen-bond acceptors (Lipinski definition) is 1. The van der Waals surface area contributed by atoms with E-state index < -0.39 is 0 Å². The number of nitrogens with zero attached hydrogens (tertiary/aromatic N) is 1. The lowest BCUT2D eigenvalue weighted by Crippen LogP contribution is -2.22. The molecule has 0 fully saturated rings. The molecule has 2 rings (SSSR count). The molecule has 2 heteroatoms. The maximum atomic E-state index is 13.1. The number of rotatable bonds is 2. The molecule has 0 spiro atoms. The van der Waals surface area contributed by atoms with Crippen LogP contribution in [-0.2, 0) is 16.0 Å². The van der Waals surface area contributed by atoms with Gasteiger partial charge >= 0.3 is 0 Å². The Morgan fingerprint density at radius 2 is 0.955 bits per heavy atom. The van der Waals surface area contributed by atoms with E-state index in [4.69, 9.17) is 0 Å². The molecule has 0 amide bonds. The lowest BCUT2D eigenvalue weighted by Gasteiger charge is -2.29. The van der Waals surface area contributed by atoms with Crippen LogP contribution >= 0.6 is 0 Å². The first kappa shape index (κ1) is 16.6. The first-order chi connectivity index (χ1) is 10.1. The molecule has 22 heavy (non-hydrogen) atoms. The van der Waals surface area contributed by atoms with Gasteiger partial charge in [0, 0.05) is 0 Å². The van der Waals surface area contributed by atoms with Crippen LogP contribution in [0.2, 0.25) is 0 Å². The SMILES string of the molecule is CC(C)(C)c1ccccc1N([O])c1ccccc1C(C)(C)C. The van der Waals surface area contributed by atoms with E-state index in [1.54, 1.807) is 0 Å². The zero-order chi connectivity index (χ0) is 16.5. The summed E-state index contributed by atoms with van der Waals surface area (Å²) in [6.07, 6.45) is 0.